The summed E-state index contributed by atoms with van der Waals surface area (Å²) in [5.41, 5.74) is 1.14. The number of esters is 1. The molecule has 0 spiro atoms. The lowest BCUT2D eigenvalue weighted by Gasteiger charge is -2.06. The normalized spacial score (nSPS) is 9.70. The van der Waals surface area contributed by atoms with E-state index in [-0.39, 0.29) is 24.2 Å². The van der Waals surface area contributed by atoms with Gasteiger partial charge in [-0.2, -0.15) is 0 Å². The Morgan fingerprint density at radius 3 is 2.35 bits per heavy atom. The Bertz CT molecular complexity index is 482. The van der Waals surface area contributed by atoms with Crippen LogP contribution in [-0.2, 0) is 14.3 Å². The first-order valence-electron chi connectivity index (χ1n) is 6.25. The Labute approximate surface area is 117 Å². The lowest BCUT2D eigenvalue weighted by Crippen LogP contribution is -2.25. The van der Waals surface area contributed by atoms with E-state index in [1.807, 2.05) is 0 Å². The average molecular weight is 278 g/mol. The van der Waals surface area contributed by atoms with Crippen LogP contribution in [-0.4, -0.2) is 31.4 Å². The number of ether oxygens (including phenoxy) is 1. The van der Waals surface area contributed by atoms with E-state index < -0.39 is 0 Å². The molecule has 0 fully saturated rings. The van der Waals surface area contributed by atoms with Crippen LogP contribution in [0.2, 0.25) is 0 Å². The molecular weight excluding hydrogens is 260 g/mol. The van der Waals surface area contributed by atoms with Gasteiger partial charge in [0.25, 0.3) is 5.91 Å². The zero-order chi connectivity index (χ0) is 15.0. The van der Waals surface area contributed by atoms with Crippen molar-refractivity contribution in [1.82, 2.24) is 5.32 Å². The van der Waals surface area contributed by atoms with E-state index >= 15 is 0 Å². The van der Waals surface area contributed by atoms with Crippen molar-refractivity contribution in [3.8, 4) is 0 Å². The van der Waals surface area contributed by atoms with Crippen molar-refractivity contribution in [1.29, 1.82) is 0 Å². The summed E-state index contributed by atoms with van der Waals surface area (Å²) in [6.45, 7) is 1.82. The van der Waals surface area contributed by atoms with Gasteiger partial charge in [0.05, 0.1) is 7.11 Å². The first-order chi connectivity index (χ1) is 9.52. The molecule has 0 saturated heterocycles. The molecule has 0 heterocycles. The topological polar surface area (TPSA) is 84.5 Å². The Balaban J connectivity index is 2.39. The summed E-state index contributed by atoms with van der Waals surface area (Å²) in [6, 6.07) is 6.57. The van der Waals surface area contributed by atoms with E-state index in [0.717, 1.165) is 0 Å². The highest BCUT2D eigenvalue weighted by Crippen LogP contribution is 2.09. The molecule has 0 unspecified atom stereocenters. The van der Waals surface area contributed by atoms with Crippen molar-refractivity contribution < 1.29 is 19.1 Å². The van der Waals surface area contributed by atoms with Gasteiger partial charge >= 0.3 is 5.97 Å². The Morgan fingerprint density at radius 2 is 1.80 bits per heavy atom. The average Bonchev–Trinajstić information content (AvgIpc) is 2.43. The van der Waals surface area contributed by atoms with Gasteiger partial charge in [0.1, 0.15) is 0 Å². The second-order valence-electron chi connectivity index (χ2n) is 4.19. The van der Waals surface area contributed by atoms with Gasteiger partial charge in [-0.1, -0.05) is 0 Å². The van der Waals surface area contributed by atoms with E-state index in [2.05, 4.69) is 15.4 Å². The maximum atomic E-state index is 11.8. The molecule has 6 nitrogen and oxygen atoms in total. The fourth-order valence-corrected chi connectivity index (χ4v) is 1.55. The third kappa shape index (κ3) is 5.51. The summed E-state index contributed by atoms with van der Waals surface area (Å²) in [6.07, 6.45) is 0.806. The molecule has 108 valence electrons. The quantitative estimate of drug-likeness (QED) is 0.607. The van der Waals surface area contributed by atoms with Crippen LogP contribution >= 0.6 is 0 Å². The van der Waals surface area contributed by atoms with Crippen LogP contribution in [0.15, 0.2) is 24.3 Å². The molecular formula is C14H18N2O4. The number of hydrogen-bond acceptors (Lipinski definition) is 4. The Hall–Kier alpha value is -2.37. The molecule has 1 aromatic rings. The number of methoxy groups -OCH3 is 1. The van der Waals surface area contributed by atoms with E-state index in [9.17, 15) is 14.4 Å². The molecule has 0 bridgehead atoms. The smallest absolute Gasteiger partial charge is 0.305 e. The van der Waals surface area contributed by atoms with E-state index in [0.29, 0.717) is 24.2 Å². The number of benzene rings is 1. The van der Waals surface area contributed by atoms with Crippen molar-refractivity contribution in [3.63, 3.8) is 0 Å². The van der Waals surface area contributed by atoms with Crippen molar-refractivity contribution in [3.05, 3.63) is 29.8 Å². The van der Waals surface area contributed by atoms with E-state index in [1.54, 1.807) is 24.3 Å². The Kier molecular flexibility index (Phi) is 6.22. The zero-order valence-electron chi connectivity index (χ0n) is 11.6. The summed E-state index contributed by atoms with van der Waals surface area (Å²) >= 11 is 0. The summed E-state index contributed by atoms with van der Waals surface area (Å²) in [7, 11) is 1.33. The van der Waals surface area contributed by atoms with Gasteiger partial charge < -0.3 is 15.4 Å². The van der Waals surface area contributed by atoms with Crippen LogP contribution in [0.3, 0.4) is 0 Å². The van der Waals surface area contributed by atoms with Gasteiger partial charge in [0.2, 0.25) is 5.91 Å². The monoisotopic (exact) mass is 278 g/mol. The minimum atomic E-state index is -0.293. The number of nitrogens with one attached hydrogen (secondary N) is 2. The highest BCUT2D eigenvalue weighted by atomic mass is 16.5. The highest BCUT2D eigenvalue weighted by Gasteiger charge is 2.06. The van der Waals surface area contributed by atoms with E-state index in [4.69, 9.17) is 0 Å². The summed E-state index contributed by atoms with van der Waals surface area (Å²) in [4.78, 5) is 33.5. The van der Waals surface area contributed by atoms with Gasteiger partial charge in [0, 0.05) is 31.1 Å². The number of carbonyl (C=O) groups is 3. The predicted octanol–water partition coefficient (Wildman–Crippen LogP) is 1.33. The predicted molar refractivity (Wildman–Crippen MR) is 74.3 cm³/mol. The van der Waals surface area contributed by atoms with Crippen LogP contribution in [0.25, 0.3) is 0 Å². The van der Waals surface area contributed by atoms with Crippen LogP contribution in [0.1, 0.15) is 30.1 Å². The molecule has 0 atom stereocenters. The van der Waals surface area contributed by atoms with Gasteiger partial charge in [-0.3, -0.25) is 14.4 Å². The molecule has 20 heavy (non-hydrogen) atoms. The maximum absolute atomic E-state index is 11.8. The van der Waals surface area contributed by atoms with Crippen molar-refractivity contribution in [2.24, 2.45) is 0 Å². The van der Waals surface area contributed by atoms with E-state index in [1.165, 1.54) is 14.0 Å². The largest absolute Gasteiger partial charge is 0.469 e. The molecule has 1 rings (SSSR count). The second kappa shape index (κ2) is 7.93. The van der Waals surface area contributed by atoms with Crippen LogP contribution in [0, 0.1) is 0 Å². The fourth-order valence-electron chi connectivity index (χ4n) is 1.55. The molecule has 0 radical (unpaired) electrons. The van der Waals surface area contributed by atoms with Crippen LogP contribution in [0.4, 0.5) is 5.69 Å². The highest BCUT2D eigenvalue weighted by molar-refractivity contribution is 5.95. The number of amides is 2. The third-order valence-electron chi connectivity index (χ3n) is 2.54. The first-order valence-corrected chi connectivity index (χ1v) is 6.25. The van der Waals surface area contributed by atoms with Crippen molar-refractivity contribution >= 4 is 23.5 Å². The fraction of sp³-hybridized carbons (Fsp3) is 0.357. The van der Waals surface area contributed by atoms with Crippen molar-refractivity contribution in [2.45, 2.75) is 19.8 Å². The lowest BCUT2D eigenvalue weighted by atomic mass is 10.2. The van der Waals surface area contributed by atoms with Gasteiger partial charge in [-0.25, -0.2) is 0 Å². The summed E-state index contributed by atoms with van der Waals surface area (Å²) < 4.78 is 4.50. The molecule has 6 heteroatoms. The number of anilines is 1. The molecule has 0 aliphatic rings. The van der Waals surface area contributed by atoms with Crippen LogP contribution < -0.4 is 10.6 Å². The molecule has 0 aromatic heterocycles. The molecule has 2 amide bonds. The second-order valence-corrected chi connectivity index (χ2v) is 4.19. The molecule has 2 N–H and O–H groups in total. The van der Waals surface area contributed by atoms with Gasteiger partial charge in [-0.05, 0) is 30.7 Å². The zero-order valence-corrected chi connectivity index (χ0v) is 11.6. The number of carbonyl (C=O) groups excluding carboxylic acids is 3. The molecule has 0 aliphatic heterocycles. The number of rotatable bonds is 6. The summed E-state index contributed by atoms with van der Waals surface area (Å²) in [5, 5.41) is 5.32. The summed E-state index contributed by atoms with van der Waals surface area (Å²) in [5.74, 6) is -0.673. The Morgan fingerprint density at radius 1 is 1.15 bits per heavy atom. The minimum absolute atomic E-state index is 0.162. The maximum Gasteiger partial charge on any atom is 0.305 e. The third-order valence-corrected chi connectivity index (χ3v) is 2.54. The number of hydrogen-bond donors (Lipinski definition) is 2. The molecule has 1 aromatic carbocycles. The SMILES string of the molecule is COC(=O)CCCNC(=O)c1ccc(NC(C)=O)cc1. The van der Waals surface area contributed by atoms with Crippen LogP contribution in [0.5, 0.6) is 0 Å². The van der Waals surface area contributed by atoms with Gasteiger partial charge in [0.15, 0.2) is 0 Å². The lowest BCUT2D eigenvalue weighted by molar-refractivity contribution is -0.140. The van der Waals surface area contributed by atoms with Crippen molar-refractivity contribution in [2.75, 3.05) is 19.0 Å². The minimum Gasteiger partial charge on any atom is -0.469 e. The van der Waals surface area contributed by atoms with Gasteiger partial charge in [-0.15, -0.1) is 0 Å². The standard InChI is InChI=1S/C14H18N2O4/c1-10(17)16-12-7-5-11(6-8-12)14(19)15-9-3-4-13(18)20-2/h5-8H,3-4,9H2,1-2H3,(H,15,19)(H,16,17). The molecule has 0 aliphatic carbocycles. The molecule has 0 saturated carbocycles. The first kappa shape index (κ1) is 15.7.